The Morgan fingerprint density at radius 2 is 1.77 bits per heavy atom. The number of benzene rings is 3. The zero-order valence-corrected chi connectivity index (χ0v) is 17.1. The largest absolute Gasteiger partial charge is 0.449 e. The van der Waals surface area contributed by atoms with Gasteiger partial charge in [0, 0.05) is 12.3 Å². The summed E-state index contributed by atoms with van der Waals surface area (Å²) >= 11 is 3.32. The second-order valence-corrected chi connectivity index (χ2v) is 7.13. The Morgan fingerprint density at radius 3 is 2.40 bits per heavy atom. The Hall–Kier alpha value is -3.20. The zero-order valence-electron chi connectivity index (χ0n) is 15.5. The number of para-hydroxylation sites is 1. The first-order valence-electron chi connectivity index (χ1n) is 8.58. The topological polar surface area (TPSA) is 64.7 Å². The van der Waals surface area contributed by atoms with Crippen LogP contribution in [0.15, 0.2) is 70.1 Å². The van der Waals surface area contributed by atoms with Crippen LogP contribution in [0.3, 0.4) is 0 Å². The van der Waals surface area contributed by atoms with Gasteiger partial charge in [0.05, 0.1) is 20.6 Å². The third-order valence-corrected chi connectivity index (χ3v) is 4.75. The van der Waals surface area contributed by atoms with Crippen LogP contribution in [0.1, 0.15) is 16.7 Å². The second-order valence-electron chi connectivity index (χ2n) is 6.27. The highest BCUT2D eigenvalue weighted by molar-refractivity contribution is 9.10. The highest BCUT2D eigenvalue weighted by Gasteiger charge is 2.33. The number of alkyl halides is 3. The van der Waals surface area contributed by atoms with Gasteiger partial charge in [-0.3, -0.25) is 15.1 Å². The summed E-state index contributed by atoms with van der Waals surface area (Å²) in [7, 11) is 0. The maximum Gasteiger partial charge on any atom is 0.416 e. The quantitative estimate of drug-likeness (QED) is 0.220. The maximum atomic E-state index is 12.8. The van der Waals surface area contributed by atoms with E-state index >= 15 is 0 Å². The molecule has 3 aromatic carbocycles. The van der Waals surface area contributed by atoms with Crippen molar-refractivity contribution in [2.45, 2.75) is 13.1 Å². The maximum absolute atomic E-state index is 12.8. The lowest BCUT2D eigenvalue weighted by atomic mass is 10.1. The van der Waals surface area contributed by atoms with Crippen molar-refractivity contribution in [1.29, 1.82) is 0 Å². The third-order valence-electron chi connectivity index (χ3n) is 4.13. The molecular weight excluding hydrogens is 465 g/mol. The van der Waals surface area contributed by atoms with Crippen LogP contribution in [0.25, 0.3) is 0 Å². The molecular formula is C21H14BrF3N2O3. The van der Waals surface area contributed by atoms with E-state index in [1.54, 1.807) is 24.4 Å². The summed E-state index contributed by atoms with van der Waals surface area (Å²) in [5.74, 6) is -0.0825. The molecule has 0 spiro atoms. The fourth-order valence-corrected chi connectivity index (χ4v) is 3.05. The Morgan fingerprint density at radius 1 is 1.07 bits per heavy atom. The molecule has 0 aliphatic rings. The number of nitro benzene ring substituents is 1. The minimum absolute atomic E-state index is 0.214. The van der Waals surface area contributed by atoms with Crippen LogP contribution in [0, 0.1) is 17.0 Å². The van der Waals surface area contributed by atoms with Crippen molar-refractivity contribution in [3.8, 4) is 11.5 Å². The SMILES string of the molecule is Cc1ccccc1N=Cc1ccc(Oc2ccc(C(F)(F)F)cc2[N+](=O)[O-])c(Br)c1. The summed E-state index contributed by atoms with van der Waals surface area (Å²) in [6.07, 6.45) is -3.04. The smallest absolute Gasteiger partial charge is 0.416 e. The summed E-state index contributed by atoms with van der Waals surface area (Å²) < 4.78 is 44.5. The number of hydrogen-bond acceptors (Lipinski definition) is 4. The van der Waals surface area contributed by atoms with Gasteiger partial charge >= 0.3 is 11.9 Å². The Labute approximate surface area is 178 Å². The number of aliphatic imine (C=N–C) groups is 1. The second kappa shape index (κ2) is 8.66. The molecule has 30 heavy (non-hydrogen) atoms. The van der Waals surface area contributed by atoms with Gasteiger partial charge in [0.2, 0.25) is 5.75 Å². The van der Waals surface area contributed by atoms with Gasteiger partial charge in [-0.15, -0.1) is 0 Å². The van der Waals surface area contributed by atoms with Crippen molar-refractivity contribution < 1.29 is 22.8 Å². The lowest BCUT2D eigenvalue weighted by molar-refractivity contribution is -0.385. The molecule has 0 N–H and O–H groups in total. The van der Waals surface area contributed by atoms with Gasteiger partial charge in [-0.1, -0.05) is 18.2 Å². The molecule has 0 aliphatic carbocycles. The molecule has 0 aliphatic heterocycles. The molecule has 3 aromatic rings. The van der Waals surface area contributed by atoms with Gasteiger partial charge in [0.1, 0.15) is 5.75 Å². The predicted molar refractivity (Wildman–Crippen MR) is 111 cm³/mol. The molecule has 3 rings (SSSR count). The number of halogens is 4. The van der Waals surface area contributed by atoms with E-state index in [0.717, 1.165) is 28.9 Å². The summed E-state index contributed by atoms with van der Waals surface area (Å²) in [5.41, 5.74) is 0.668. The van der Waals surface area contributed by atoms with E-state index in [4.69, 9.17) is 4.74 Å². The van der Waals surface area contributed by atoms with Crippen molar-refractivity contribution in [1.82, 2.24) is 0 Å². The number of ether oxygens (including phenoxy) is 1. The lowest BCUT2D eigenvalue weighted by Gasteiger charge is -2.11. The molecule has 0 radical (unpaired) electrons. The van der Waals surface area contributed by atoms with Crippen molar-refractivity contribution in [2.75, 3.05) is 0 Å². The molecule has 0 unspecified atom stereocenters. The molecule has 5 nitrogen and oxygen atoms in total. The third kappa shape index (κ3) is 5.04. The standard InChI is InChI=1S/C21H14BrF3N2O3/c1-13-4-2-3-5-17(13)26-12-14-6-8-19(16(22)10-14)30-20-9-7-15(21(23,24)25)11-18(20)27(28)29/h2-12H,1H3. The van der Waals surface area contributed by atoms with Crippen LogP contribution in [0.5, 0.6) is 11.5 Å². The molecule has 0 fully saturated rings. The van der Waals surface area contributed by atoms with Gasteiger partial charge in [0.15, 0.2) is 0 Å². The summed E-state index contributed by atoms with van der Waals surface area (Å²) in [6, 6.07) is 14.6. The van der Waals surface area contributed by atoms with E-state index < -0.39 is 22.4 Å². The van der Waals surface area contributed by atoms with Crippen LogP contribution in [-0.2, 0) is 6.18 Å². The summed E-state index contributed by atoms with van der Waals surface area (Å²) in [5, 5.41) is 11.2. The van der Waals surface area contributed by atoms with E-state index in [0.29, 0.717) is 10.5 Å². The Balaban J connectivity index is 1.86. The van der Waals surface area contributed by atoms with E-state index in [1.165, 1.54) is 0 Å². The van der Waals surface area contributed by atoms with Crippen LogP contribution < -0.4 is 4.74 Å². The number of nitro groups is 1. The van der Waals surface area contributed by atoms with Gasteiger partial charge in [-0.05, 0) is 70.4 Å². The molecule has 0 heterocycles. The van der Waals surface area contributed by atoms with Crippen molar-refractivity contribution in [3.63, 3.8) is 0 Å². The lowest BCUT2D eigenvalue weighted by Crippen LogP contribution is -2.06. The first-order valence-corrected chi connectivity index (χ1v) is 9.37. The highest BCUT2D eigenvalue weighted by Crippen LogP contribution is 2.39. The van der Waals surface area contributed by atoms with Crippen LogP contribution in [-0.4, -0.2) is 11.1 Å². The van der Waals surface area contributed by atoms with Crippen LogP contribution in [0.2, 0.25) is 0 Å². The molecule has 154 valence electrons. The van der Waals surface area contributed by atoms with Gasteiger partial charge in [0.25, 0.3) is 0 Å². The number of aryl methyl sites for hydroxylation is 1. The first-order chi connectivity index (χ1) is 14.1. The van der Waals surface area contributed by atoms with Crippen LogP contribution in [0.4, 0.5) is 24.5 Å². The molecule has 0 saturated carbocycles. The van der Waals surface area contributed by atoms with E-state index in [-0.39, 0.29) is 11.5 Å². The predicted octanol–water partition coefficient (Wildman–Crippen LogP) is 7.23. The van der Waals surface area contributed by atoms with Gasteiger partial charge < -0.3 is 4.74 Å². The molecule has 0 saturated heterocycles. The van der Waals surface area contributed by atoms with Crippen LogP contribution >= 0.6 is 15.9 Å². The number of rotatable bonds is 5. The van der Waals surface area contributed by atoms with Crippen molar-refractivity contribution >= 4 is 33.5 Å². The minimum atomic E-state index is -4.69. The summed E-state index contributed by atoms with van der Waals surface area (Å²) in [6.45, 7) is 1.94. The number of nitrogens with zero attached hydrogens (tertiary/aromatic N) is 2. The molecule has 0 amide bonds. The molecule has 0 aromatic heterocycles. The number of hydrogen-bond donors (Lipinski definition) is 0. The van der Waals surface area contributed by atoms with Crippen molar-refractivity contribution in [3.05, 3.63) is 91.9 Å². The molecule has 0 bridgehead atoms. The van der Waals surface area contributed by atoms with E-state index in [2.05, 4.69) is 20.9 Å². The highest BCUT2D eigenvalue weighted by atomic mass is 79.9. The average molecular weight is 479 g/mol. The minimum Gasteiger partial charge on any atom is -0.449 e. The molecule has 9 heteroatoms. The Kier molecular flexibility index (Phi) is 6.21. The monoisotopic (exact) mass is 478 g/mol. The Bertz CT molecular complexity index is 1130. The van der Waals surface area contributed by atoms with E-state index in [1.807, 2.05) is 31.2 Å². The zero-order chi connectivity index (χ0) is 21.9. The average Bonchev–Trinajstić information content (AvgIpc) is 2.68. The first kappa shape index (κ1) is 21.5. The fraction of sp³-hybridized carbons (Fsp3) is 0.0952. The normalized spacial score (nSPS) is 11.6. The van der Waals surface area contributed by atoms with Crippen molar-refractivity contribution in [2.24, 2.45) is 4.99 Å². The van der Waals surface area contributed by atoms with Gasteiger partial charge in [-0.25, -0.2) is 0 Å². The fourth-order valence-electron chi connectivity index (χ4n) is 2.57. The molecule has 0 atom stereocenters. The summed E-state index contributed by atoms with van der Waals surface area (Å²) in [4.78, 5) is 14.7. The van der Waals surface area contributed by atoms with Gasteiger partial charge in [-0.2, -0.15) is 13.2 Å². The van der Waals surface area contributed by atoms with E-state index in [9.17, 15) is 23.3 Å².